The molecule has 0 aliphatic rings. The molecule has 0 radical (unpaired) electrons. The van der Waals surface area contributed by atoms with Gasteiger partial charge in [-0.3, -0.25) is 9.59 Å². The first-order valence-corrected chi connectivity index (χ1v) is 4.63. The van der Waals surface area contributed by atoms with Crippen LogP contribution in [0.2, 0.25) is 0 Å². The van der Waals surface area contributed by atoms with Gasteiger partial charge in [-0.2, -0.15) is 5.10 Å². The molecular weight excluding hydrogens is 196 g/mol. The van der Waals surface area contributed by atoms with Crippen molar-refractivity contribution in [3.05, 3.63) is 22.5 Å². The van der Waals surface area contributed by atoms with Gasteiger partial charge in [-0.15, -0.1) is 0 Å². The Morgan fingerprint density at radius 3 is 2.67 bits per heavy atom. The third kappa shape index (κ3) is 3.17. The summed E-state index contributed by atoms with van der Waals surface area (Å²) in [6.07, 6.45) is 0. The predicted molar refractivity (Wildman–Crippen MR) is 56.3 cm³/mol. The summed E-state index contributed by atoms with van der Waals surface area (Å²) in [5.41, 5.74) is 5.31. The Balaban J connectivity index is 2.66. The van der Waals surface area contributed by atoms with Crippen LogP contribution in [0.1, 0.15) is 13.8 Å². The van der Waals surface area contributed by atoms with Gasteiger partial charge in [0.25, 0.3) is 5.56 Å². The molecule has 0 fully saturated rings. The third-order valence-corrected chi connectivity index (χ3v) is 1.95. The summed E-state index contributed by atoms with van der Waals surface area (Å²) < 4.78 is 0. The van der Waals surface area contributed by atoms with Gasteiger partial charge in [0.05, 0.1) is 6.04 Å². The number of hydrogen-bond donors (Lipinski definition) is 3. The monoisotopic (exact) mass is 210 g/mol. The maximum Gasteiger partial charge on any atom is 0.264 e. The smallest absolute Gasteiger partial charge is 0.264 e. The van der Waals surface area contributed by atoms with Gasteiger partial charge in [0.2, 0.25) is 5.91 Å². The molecule has 0 spiro atoms. The van der Waals surface area contributed by atoms with Crippen LogP contribution in [0.3, 0.4) is 0 Å². The predicted octanol–water partition coefficient (Wildman–Crippen LogP) is -0.308. The largest absolute Gasteiger partial charge is 0.320 e. The fraction of sp³-hybridized carbons (Fsp3) is 0.444. The molecule has 6 nitrogen and oxygen atoms in total. The van der Waals surface area contributed by atoms with E-state index in [1.165, 1.54) is 12.1 Å². The number of carbonyl (C=O) groups excluding carboxylic acids is 1. The molecule has 6 heteroatoms. The van der Waals surface area contributed by atoms with Gasteiger partial charge < -0.3 is 11.1 Å². The highest BCUT2D eigenvalue weighted by Crippen LogP contribution is 2.02. The van der Waals surface area contributed by atoms with Crippen molar-refractivity contribution in [1.29, 1.82) is 0 Å². The summed E-state index contributed by atoms with van der Waals surface area (Å²) >= 11 is 0. The van der Waals surface area contributed by atoms with E-state index < -0.39 is 6.04 Å². The highest BCUT2D eigenvalue weighted by molar-refractivity contribution is 5.93. The van der Waals surface area contributed by atoms with Crippen LogP contribution in [-0.4, -0.2) is 22.1 Å². The van der Waals surface area contributed by atoms with Crippen molar-refractivity contribution < 1.29 is 4.79 Å². The van der Waals surface area contributed by atoms with Crippen molar-refractivity contribution in [2.75, 3.05) is 5.32 Å². The van der Waals surface area contributed by atoms with Gasteiger partial charge in [0.1, 0.15) is 0 Å². The summed E-state index contributed by atoms with van der Waals surface area (Å²) in [5.74, 6) is 0.0213. The van der Waals surface area contributed by atoms with Crippen LogP contribution in [0.15, 0.2) is 16.9 Å². The van der Waals surface area contributed by atoms with Crippen LogP contribution < -0.4 is 16.6 Å². The zero-order valence-electron chi connectivity index (χ0n) is 8.65. The molecule has 15 heavy (non-hydrogen) atoms. The van der Waals surface area contributed by atoms with E-state index in [4.69, 9.17) is 5.73 Å². The molecule has 0 bridgehead atoms. The average Bonchev–Trinajstić information content (AvgIpc) is 2.20. The maximum atomic E-state index is 11.5. The van der Waals surface area contributed by atoms with Crippen LogP contribution in [0.5, 0.6) is 0 Å². The Labute approximate surface area is 86.9 Å². The zero-order chi connectivity index (χ0) is 11.4. The molecule has 1 aromatic rings. The molecule has 0 unspecified atom stereocenters. The van der Waals surface area contributed by atoms with Crippen molar-refractivity contribution in [2.45, 2.75) is 19.9 Å². The Hall–Kier alpha value is -1.69. The van der Waals surface area contributed by atoms with Crippen LogP contribution in [0.4, 0.5) is 5.82 Å². The summed E-state index contributed by atoms with van der Waals surface area (Å²) in [5, 5.41) is 8.35. The zero-order valence-corrected chi connectivity index (χ0v) is 8.65. The second-order valence-corrected chi connectivity index (χ2v) is 3.57. The molecule has 1 rings (SSSR count). The molecule has 0 aliphatic heterocycles. The van der Waals surface area contributed by atoms with Crippen LogP contribution in [0, 0.1) is 5.92 Å². The number of aromatic nitrogens is 2. The molecule has 0 aromatic carbocycles. The normalized spacial score (nSPS) is 12.5. The Morgan fingerprint density at radius 1 is 1.53 bits per heavy atom. The van der Waals surface area contributed by atoms with Crippen LogP contribution >= 0.6 is 0 Å². The first-order valence-electron chi connectivity index (χ1n) is 4.63. The molecule has 1 amide bonds. The fourth-order valence-corrected chi connectivity index (χ4v) is 0.926. The first-order chi connectivity index (χ1) is 7.00. The second kappa shape index (κ2) is 4.70. The highest BCUT2D eigenvalue weighted by atomic mass is 16.2. The standard InChI is InChI=1S/C9H14N4O2/c1-5(2)8(10)9(15)11-6-3-4-7(14)13-12-6/h3-5,8H,10H2,1-2H3,(H,13,14)(H,11,12,15)/t8-/m0/s1. The Kier molecular flexibility index (Phi) is 3.56. The lowest BCUT2D eigenvalue weighted by Gasteiger charge is -2.14. The van der Waals surface area contributed by atoms with Crippen molar-refractivity contribution in [3.63, 3.8) is 0 Å². The number of carbonyl (C=O) groups is 1. The number of anilines is 1. The van der Waals surface area contributed by atoms with Crippen molar-refractivity contribution >= 4 is 11.7 Å². The number of aromatic amines is 1. The summed E-state index contributed by atoms with van der Waals surface area (Å²) in [6, 6.07) is 2.12. The number of nitrogens with zero attached hydrogens (tertiary/aromatic N) is 1. The minimum Gasteiger partial charge on any atom is -0.320 e. The van der Waals surface area contributed by atoms with Crippen LogP contribution in [-0.2, 0) is 4.79 Å². The van der Waals surface area contributed by atoms with E-state index in [2.05, 4.69) is 15.5 Å². The summed E-state index contributed by atoms with van der Waals surface area (Å²) in [6.45, 7) is 3.70. The molecule has 4 N–H and O–H groups in total. The molecule has 0 aliphatic carbocycles. The average molecular weight is 210 g/mol. The highest BCUT2D eigenvalue weighted by Gasteiger charge is 2.17. The van der Waals surface area contributed by atoms with E-state index in [9.17, 15) is 9.59 Å². The molecule has 1 atom stereocenters. The van der Waals surface area contributed by atoms with E-state index >= 15 is 0 Å². The number of hydrogen-bond acceptors (Lipinski definition) is 4. The van der Waals surface area contributed by atoms with Crippen molar-refractivity contribution in [1.82, 2.24) is 10.2 Å². The summed E-state index contributed by atoms with van der Waals surface area (Å²) in [7, 11) is 0. The van der Waals surface area contributed by atoms with E-state index in [1.54, 1.807) is 0 Å². The Morgan fingerprint density at radius 2 is 2.20 bits per heavy atom. The van der Waals surface area contributed by atoms with E-state index in [-0.39, 0.29) is 23.2 Å². The second-order valence-electron chi connectivity index (χ2n) is 3.57. The SMILES string of the molecule is CC(C)[C@H](N)C(=O)Nc1ccc(=O)[nH]n1. The lowest BCUT2D eigenvalue weighted by molar-refractivity contribution is -0.118. The lowest BCUT2D eigenvalue weighted by Crippen LogP contribution is -2.40. The number of nitrogens with one attached hydrogen (secondary N) is 2. The van der Waals surface area contributed by atoms with Crippen molar-refractivity contribution in [3.8, 4) is 0 Å². The first kappa shape index (κ1) is 11.4. The van der Waals surface area contributed by atoms with Gasteiger partial charge in [-0.1, -0.05) is 13.8 Å². The quantitative estimate of drug-likeness (QED) is 0.637. The van der Waals surface area contributed by atoms with Gasteiger partial charge in [0.15, 0.2) is 5.82 Å². The maximum absolute atomic E-state index is 11.5. The van der Waals surface area contributed by atoms with Gasteiger partial charge in [0, 0.05) is 6.07 Å². The van der Waals surface area contributed by atoms with Crippen LogP contribution in [0.25, 0.3) is 0 Å². The topological polar surface area (TPSA) is 101 Å². The molecule has 1 heterocycles. The molecule has 1 aromatic heterocycles. The number of amides is 1. The number of nitrogens with two attached hydrogens (primary N) is 1. The summed E-state index contributed by atoms with van der Waals surface area (Å²) in [4.78, 5) is 22.2. The third-order valence-electron chi connectivity index (χ3n) is 1.95. The number of rotatable bonds is 3. The van der Waals surface area contributed by atoms with Gasteiger partial charge in [-0.05, 0) is 12.0 Å². The van der Waals surface area contributed by atoms with Gasteiger partial charge in [-0.25, -0.2) is 5.10 Å². The lowest BCUT2D eigenvalue weighted by atomic mass is 10.1. The molecule has 0 saturated heterocycles. The molecular formula is C9H14N4O2. The number of H-pyrrole nitrogens is 1. The van der Waals surface area contributed by atoms with E-state index in [0.29, 0.717) is 0 Å². The van der Waals surface area contributed by atoms with Crippen molar-refractivity contribution in [2.24, 2.45) is 11.7 Å². The fourth-order valence-electron chi connectivity index (χ4n) is 0.926. The molecule has 82 valence electrons. The Bertz CT molecular complexity index is 379. The van der Waals surface area contributed by atoms with E-state index in [0.717, 1.165) is 0 Å². The minimum absolute atomic E-state index is 0.0489. The molecule has 0 saturated carbocycles. The van der Waals surface area contributed by atoms with E-state index in [1.807, 2.05) is 13.8 Å². The van der Waals surface area contributed by atoms with Gasteiger partial charge >= 0.3 is 0 Å². The minimum atomic E-state index is -0.585.